The predicted molar refractivity (Wildman–Crippen MR) is 95.1 cm³/mol. The summed E-state index contributed by atoms with van der Waals surface area (Å²) in [6, 6.07) is 18.7. The van der Waals surface area contributed by atoms with E-state index < -0.39 is 13.9 Å². The molecule has 7 heteroatoms. The van der Waals surface area contributed by atoms with Crippen LogP contribution < -0.4 is 0 Å². The van der Waals surface area contributed by atoms with Crippen LogP contribution in [0.15, 0.2) is 60.7 Å². The first-order valence-electron chi connectivity index (χ1n) is 8.44. The van der Waals surface area contributed by atoms with Gasteiger partial charge < -0.3 is 4.74 Å². The number of carbonyl (C=O) groups is 1. The van der Waals surface area contributed by atoms with Crippen LogP contribution in [0.1, 0.15) is 24.0 Å². The van der Waals surface area contributed by atoms with Crippen LogP contribution in [0.2, 0.25) is 0 Å². The Kier molecular flexibility index (Phi) is 6.58. The van der Waals surface area contributed by atoms with Gasteiger partial charge in [0.25, 0.3) is 0 Å². The highest BCUT2D eigenvalue weighted by atomic mass is 31.2. The van der Waals surface area contributed by atoms with Crippen molar-refractivity contribution in [1.29, 1.82) is 0 Å². The summed E-state index contributed by atoms with van der Waals surface area (Å²) in [5.74, 6) is -0.274. The Morgan fingerprint density at radius 2 is 1.42 bits per heavy atom. The molecule has 2 aromatic carbocycles. The van der Waals surface area contributed by atoms with Crippen LogP contribution in [-0.2, 0) is 40.9 Å². The maximum atomic E-state index is 13.0. The average Bonchev–Trinajstić information content (AvgIpc) is 3.11. The number of hydrogen-bond donors (Lipinski definition) is 0. The molecule has 26 heavy (non-hydrogen) atoms. The first-order valence-corrected chi connectivity index (χ1v) is 9.90. The average molecular weight is 376 g/mol. The summed E-state index contributed by atoms with van der Waals surface area (Å²) < 4.78 is 34.5. The lowest BCUT2D eigenvalue weighted by Crippen LogP contribution is -2.15. The minimum atomic E-state index is -3.81. The molecule has 0 saturated carbocycles. The highest BCUT2D eigenvalue weighted by molar-refractivity contribution is 7.48. The molecule has 6 nitrogen and oxygen atoms in total. The van der Waals surface area contributed by atoms with Crippen molar-refractivity contribution in [3.63, 3.8) is 0 Å². The molecular weight excluding hydrogens is 355 g/mol. The summed E-state index contributed by atoms with van der Waals surface area (Å²) in [5.41, 5.74) is 1.71. The van der Waals surface area contributed by atoms with Gasteiger partial charge in [-0.2, -0.15) is 0 Å². The number of phosphoric ester groups is 1. The topological polar surface area (TPSA) is 71.1 Å². The van der Waals surface area contributed by atoms with Crippen LogP contribution in [0.25, 0.3) is 0 Å². The number of ether oxygens (including phenoxy) is 1. The Morgan fingerprint density at radius 3 is 1.88 bits per heavy atom. The minimum Gasteiger partial charge on any atom is -0.460 e. The molecule has 0 bridgehead atoms. The smallest absolute Gasteiger partial charge is 0.460 e. The van der Waals surface area contributed by atoms with E-state index in [2.05, 4.69) is 0 Å². The predicted octanol–water partition coefficient (Wildman–Crippen LogP) is 4.25. The lowest BCUT2D eigenvalue weighted by atomic mass is 10.2. The summed E-state index contributed by atoms with van der Waals surface area (Å²) in [5, 5.41) is 0. The number of benzene rings is 2. The molecule has 1 fully saturated rings. The van der Waals surface area contributed by atoms with E-state index in [-0.39, 0.29) is 25.8 Å². The fourth-order valence-corrected chi connectivity index (χ4v) is 3.63. The monoisotopic (exact) mass is 376 g/mol. The van der Waals surface area contributed by atoms with Crippen LogP contribution in [-0.4, -0.2) is 18.7 Å². The van der Waals surface area contributed by atoms with E-state index in [0.717, 1.165) is 11.1 Å². The zero-order valence-electron chi connectivity index (χ0n) is 14.3. The number of hydrogen-bond acceptors (Lipinski definition) is 6. The van der Waals surface area contributed by atoms with Gasteiger partial charge in [-0.25, -0.2) is 4.57 Å². The van der Waals surface area contributed by atoms with Crippen LogP contribution in [0.3, 0.4) is 0 Å². The zero-order chi connectivity index (χ0) is 18.2. The van der Waals surface area contributed by atoms with Crippen molar-refractivity contribution in [3.05, 3.63) is 71.8 Å². The molecule has 2 aromatic rings. The Bertz CT molecular complexity index is 702. The van der Waals surface area contributed by atoms with E-state index in [9.17, 15) is 9.36 Å². The second-order valence-electron chi connectivity index (χ2n) is 5.91. The third kappa shape index (κ3) is 5.78. The quantitative estimate of drug-likeness (QED) is 0.481. The van der Waals surface area contributed by atoms with Gasteiger partial charge in [0.1, 0.15) is 6.10 Å². The van der Waals surface area contributed by atoms with Crippen LogP contribution >= 0.6 is 7.82 Å². The molecule has 0 spiro atoms. The third-order valence-corrected chi connectivity index (χ3v) is 5.21. The molecule has 0 aromatic heterocycles. The van der Waals surface area contributed by atoms with E-state index in [4.69, 9.17) is 18.3 Å². The third-order valence-electron chi connectivity index (χ3n) is 3.85. The number of cyclic esters (lactones) is 1. The van der Waals surface area contributed by atoms with Gasteiger partial charge >= 0.3 is 13.8 Å². The van der Waals surface area contributed by atoms with Gasteiger partial charge in [0, 0.05) is 6.42 Å². The Hall–Kier alpha value is -1.98. The van der Waals surface area contributed by atoms with Crippen molar-refractivity contribution >= 4 is 13.8 Å². The van der Waals surface area contributed by atoms with E-state index in [1.165, 1.54) is 0 Å². The second-order valence-corrected chi connectivity index (χ2v) is 7.58. The number of esters is 1. The molecule has 1 atom stereocenters. The Labute approximate surface area is 152 Å². The van der Waals surface area contributed by atoms with E-state index in [1.807, 2.05) is 60.7 Å². The standard InChI is InChI=1S/C19H21O6P/c20-19-12-11-18(25-19)15-24-26(21,22-13-16-7-3-1-4-8-16)23-14-17-9-5-2-6-10-17/h1-10,18H,11-15H2. The van der Waals surface area contributed by atoms with E-state index in [0.29, 0.717) is 12.8 Å². The molecule has 1 aliphatic heterocycles. The minimum absolute atomic E-state index is 0.0212. The molecule has 0 radical (unpaired) electrons. The molecule has 1 saturated heterocycles. The maximum absolute atomic E-state index is 13.0. The Morgan fingerprint density at radius 1 is 0.885 bits per heavy atom. The normalized spacial score (nSPS) is 17.2. The van der Waals surface area contributed by atoms with Gasteiger partial charge in [-0.3, -0.25) is 18.4 Å². The molecule has 1 unspecified atom stereocenters. The fraction of sp³-hybridized carbons (Fsp3) is 0.316. The van der Waals surface area contributed by atoms with E-state index in [1.54, 1.807) is 0 Å². The van der Waals surface area contributed by atoms with Gasteiger partial charge in [-0.1, -0.05) is 60.7 Å². The van der Waals surface area contributed by atoms with Gasteiger partial charge in [0.05, 0.1) is 19.8 Å². The van der Waals surface area contributed by atoms with Crippen molar-refractivity contribution in [2.75, 3.05) is 6.61 Å². The molecule has 1 heterocycles. The summed E-state index contributed by atoms with van der Waals surface area (Å²) >= 11 is 0. The molecule has 138 valence electrons. The molecule has 0 N–H and O–H groups in total. The largest absolute Gasteiger partial charge is 0.475 e. The molecule has 1 aliphatic rings. The molecule has 0 amide bonds. The fourth-order valence-electron chi connectivity index (χ4n) is 2.44. The van der Waals surface area contributed by atoms with Gasteiger partial charge in [-0.05, 0) is 17.5 Å². The van der Waals surface area contributed by atoms with Crippen molar-refractivity contribution in [2.24, 2.45) is 0 Å². The number of carbonyl (C=O) groups excluding carboxylic acids is 1. The van der Waals surface area contributed by atoms with Crippen LogP contribution in [0.4, 0.5) is 0 Å². The zero-order valence-corrected chi connectivity index (χ0v) is 15.2. The van der Waals surface area contributed by atoms with Gasteiger partial charge in [-0.15, -0.1) is 0 Å². The van der Waals surface area contributed by atoms with E-state index >= 15 is 0 Å². The molecule has 3 rings (SSSR count). The van der Waals surface area contributed by atoms with Crippen LogP contribution in [0, 0.1) is 0 Å². The first-order chi connectivity index (χ1) is 12.6. The summed E-state index contributed by atoms with van der Waals surface area (Å²) in [6.45, 7) is 0.168. The van der Waals surface area contributed by atoms with Crippen LogP contribution in [0.5, 0.6) is 0 Å². The SMILES string of the molecule is O=C1CCC(COP(=O)(OCc2ccccc2)OCc2ccccc2)O1. The highest BCUT2D eigenvalue weighted by Crippen LogP contribution is 2.51. The molecular formula is C19H21O6P. The lowest BCUT2D eigenvalue weighted by Gasteiger charge is -2.19. The van der Waals surface area contributed by atoms with Gasteiger partial charge in [0.2, 0.25) is 0 Å². The second kappa shape index (κ2) is 9.10. The summed E-state index contributed by atoms with van der Waals surface area (Å²) in [7, 11) is -3.81. The first kappa shape index (κ1) is 18.8. The lowest BCUT2D eigenvalue weighted by molar-refractivity contribution is -0.142. The maximum Gasteiger partial charge on any atom is 0.475 e. The Balaban J connectivity index is 1.60. The number of phosphoric acid groups is 1. The van der Waals surface area contributed by atoms with Crippen molar-refractivity contribution in [3.8, 4) is 0 Å². The van der Waals surface area contributed by atoms with Crippen molar-refractivity contribution in [1.82, 2.24) is 0 Å². The van der Waals surface area contributed by atoms with Crippen molar-refractivity contribution in [2.45, 2.75) is 32.2 Å². The molecule has 0 aliphatic carbocycles. The highest BCUT2D eigenvalue weighted by Gasteiger charge is 2.31. The summed E-state index contributed by atoms with van der Waals surface area (Å²) in [6.07, 6.45) is 0.459. The number of rotatable bonds is 9. The van der Waals surface area contributed by atoms with Gasteiger partial charge in [0.15, 0.2) is 0 Å². The summed E-state index contributed by atoms with van der Waals surface area (Å²) in [4.78, 5) is 11.2. The van der Waals surface area contributed by atoms with Crippen molar-refractivity contribution < 1.29 is 27.7 Å².